The highest BCUT2D eigenvalue weighted by atomic mass is 16.5. The number of carbonyl (C=O) groups is 1. The summed E-state index contributed by atoms with van der Waals surface area (Å²) in [6.07, 6.45) is 0. The molecule has 0 unspecified atom stereocenters. The number of ketones is 1. The van der Waals surface area contributed by atoms with Crippen molar-refractivity contribution in [2.24, 2.45) is 5.92 Å². The molecule has 2 aromatic rings. The maximum Gasteiger partial charge on any atom is 0.273 e. The molecule has 0 N–H and O–H groups in total. The van der Waals surface area contributed by atoms with Gasteiger partial charge < -0.3 is 4.74 Å². The molecular weight excluding hydrogens is 292 g/mol. The van der Waals surface area contributed by atoms with Crippen LogP contribution < -0.4 is 10.3 Å². The van der Waals surface area contributed by atoms with E-state index in [1.165, 1.54) is 4.57 Å². The van der Waals surface area contributed by atoms with Crippen LogP contribution >= 0.6 is 0 Å². The van der Waals surface area contributed by atoms with Crippen molar-refractivity contribution in [3.8, 4) is 5.75 Å². The van der Waals surface area contributed by atoms with Crippen LogP contribution in [0.1, 0.15) is 40.3 Å². The number of nitrogens with zero attached hydrogens (tertiary/aromatic N) is 2. The third kappa shape index (κ3) is 3.44. The van der Waals surface area contributed by atoms with Crippen molar-refractivity contribution < 1.29 is 9.53 Å². The molecule has 5 heteroatoms. The fourth-order valence-corrected chi connectivity index (χ4v) is 2.33. The van der Waals surface area contributed by atoms with E-state index in [1.54, 1.807) is 19.2 Å². The lowest BCUT2D eigenvalue weighted by atomic mass is 9.92. The fourth-order valence-electron chi connectivity index (χ4n) is 2.33. The Morgan fingerprint density at radius 2 is 1.96 bits per heavy atom. The molecule has 0 atom stereocenters. The van der Waals surface area contributed by atoms with Gasteiger partial charge in [-0.3, -0.25) is 14.2 Å². The van der Waals surface area contributed by atoms with E-state index in [2.05, 4.69) is 4.98 Å². The van der Waals surface area contributed by atoms with Gasteiger partial charge in [0.05, 0.1) is 24.7 Å². The van der Waals surface area contributed by atoms with E-state index in [0.717, 1.165) is 0 Å². The van der Waals surface area contributed by atoms with E-state index in [4.69, 9.17) is 4.74 Å². The quantitative estimate of drug-likeness (QED) is 0.870. The van der Waals surface area contributed by atoms with Gasteiger partial charge in [0.2, 0.25) is 0 Å². The highest BCUT2D eigenvalue weighted by Crippen LogP contribution is 2.23. The summed E-state index contributed by atoms with van der Waals surface area (Å²) in [5.74, 6) is 0.518. The van der Waals surface area contributed by atoms with Gasteiger partial charge in [0.25, 0.3) is 5.56 Å². The molecule has 0 aliphatic rings. The van der Waals surface area contributed by atoms with Gasteiger partial charge in [-0.15, -0.1) is 0 Å². The largest absolute Gasteiger partial charge is 0.497 e. The summed E-state index contributed by atoms with van der Waals surface area (Å²) in [7, 11) is 1.57. The predicted octanol–water partition coefficient (Wildman–Crippen LogP) is 2.93. The highest BCUT2D eigenvalue weighted by molar-refractivity contribution is 5.83. The van der Waals surface area contributed by atoms with E-state index in [-0.39, 0.29) is 23.8 Å². The number of aromatic nitrogens is 2. The normalized spacial score (nSPS) is 12.0. The zero-order chi connectivity index (χ0) is 17.4. The number of benzene rings is 1. The smallest absolute Gasteiger partial charge is 0.273 e. The second kappa shape index (κ2) is 6.14. The lowest BCUT2D eigenvalue weighted by molar-refractivity contribution is -0.122. The SMILES string of the molecule is COc1ccc2nc(C(C)(C)C)c(=O)n(CC(=O)C(C)C)c2c1. The van der Waals surface area contributed by atoms with Crippen LogP contribution in [0.25, 0.3) is 11.0 Å². The molecule has 0 radical (unpaired) electrons. The minimum atomic E-state index is -0.395. The molecule has 0 spiro atoms. The molecule has 0 saturated carbocycles. The number of ether oxygens (including phenoxy) is 1. The molecule has 5 nitrogen and oxygen atoms in total. The highest BCUT2D eigenvalue weighted by Gasteiger charge is 2.24. The van der Waals surface area contributed by atoms with Crippen molar-refractivity contribution in [1.82, 2.24) is 9.55 Å². The average molecular weight is 316 g/mol. The summed E-state index contributed by atoms with van der Waals surface area (Å²) in [6.45, 7) is 9.55. The number of methoxy groups -OCH3 is 1. The van der Waals surface area contributed by atoms with Crippen LogP contribution in [0.3, 0.4) is 0 Å². The Morgan fingerprint density at radius 1 is 1.30 bits per heavy atom. The Hall–Kier alpha value is -2.17. The first-order valence-corrected chi connectivity index (χ1v) is 7.77. The molecule has 0 bridgehead atoms. The van der Waals surface area contributed by atoms with E-state index < -0.39 is 5.41 Å². The molecule has 0 amide bonds. The molecule has 1 aromatic heterocycles. The van der Waals surface area contributed by atoms with Crippen molar-refractivity contribution in [1.29, 1.82) is 0 Å². The van der Waals surface area contributed by atoms with Gasteiger partial charge in [-0.25, -0.2) is 4.98 Å². The van der Waals surface area contributed by atoms with Gasteiger partial charge in [-0.1, -0.05) is 34.6 Å². The molecule has 2 rings (SSSR count). The molecule has 124 valence electrons. The van der Waals surface area contributed by atoms with Crippen molar-refractivity contribution in [3.05, 3.63) is 34.2 Å². The lowest BCUT2D eigenvalue weighted by Crippen LogP contribution is -2.34. The predicted molar refractivity (Wildman–Crippen MR) is 91.1 cm³/mol. The third-order valence-corrected chi connectivity index (χ3v) is 3.82. The Morgan fingerprint density at radius 3 is 2.48 bits per heavy atom. The maximum absolute atomic E-state index is 12.9. The number of fused-ring (bicyclic) bond motifs is 1. The van der Waals surface area contributed by atoms with Gasteiger partial charge in [0, 0.05) is 17.4 Å². The Bertz CT molecular complexity index is 798. The first-order valence-electron chi connectivity index (χ1n) is 7.77. The average Bonchev–Trinajstić information content (AvgIpc) is 2.47. The zero-order valence-electron chi connectivity index (χ0n) is 14.6. The van der Waals surface area contributed by atoms with E-state index in [0.29, 0.717) is 22.5 Å². The summed E-state index contributed by atoms with van der Waals surface area (Å²) >= 11 is 0. The first kappa shape index (κ1) is 17.2. The van der Waals surface area contributed by atoms with Gasteiger partial charge in [0.1, 0.15) is 11.4 Å². The van der Waals surface area contributed by atoms with Crippen LogP contribution in [0.5, 0.6) is 5.75 Å². The molecule has 0 saturated heterocycles. The summed E-state index contributed by atoms with van der Waals surface area (Å²) in [6, 6.07) is 5.38. The van der Waals surface area contributed by atoms with Crippen molar-refractivity contribution >= 4 is 16.8 Å². The number of hydrogen-bond acceptors (Lipinski definition) is 4. The Kier molecular flexibility index (Phi) is 4.59. The van der Waals surface area contributed by atoms with E-state index >= 15 is 0 Å². The van der Waals surface area contributed by atoms with Crippen LogP contribution in [0.4, 0.5) is 0 Å². The van der Waals surface area contributed by atoms with E-state index in [1.807, 2.05) is 40.7 Å². The summed E-state index contributed by atoms with van der Waals surface area (Å²) in [5.41, 5.74) is 1.16. The van der Waals surface area contributed by atoms with Gasteiger partial charge in [0.15, 0.2) is 5.78 Å². The zero-order valence-corrected chi connectivity index (χ0v) is 14.6. The number of hydrogen-bond donors (Lipinski definition) is 0. The number of carbonyl (C=O) groups excluding carboxylic acids is 1. The van der Waals surface area contributed by atoms with Crippen LogP contribution in [-0.4, -0.2) is 22.4 Å². The number of Topliss-reactive ketones (excluding diaryl/α,β-unsaturated/α-hetero) is 1. The fraction of sp³-hybridized carbons (Fsp3) is 0.500. The first-order chi connectivity index (χ1) is 10.6. The molecule has 0 aliphatic carbocycles. The minimum absolute atomic E-state index is 0.0160. The monoisotopic (exact) mass is 316 g/mol. The van der Waals surface area contributed by atoms with Gasteiger partial charge in [-0.2, -0.15) is 0 Å². The van der Waals surface area contributed by atoms with Crippen LogP contribution in [0.15, 0.2) is 23.0 Å². The van der Waals surface area contributed by atoms with Crippen LogP contribution in [0, 0.1) is 5.92 Å². The molecule has 23 heavy (non-hydrogen) atoms. The van der Waals surface area contributed by atoms with Crippen molar-refractivity contribution in [2.75, 3.05) is 7.11 Å². The van der Waals surface area contributed by atoms with Gasteiger partial charge in [-0.05, 0) is 12.1 Å². The number of rotatable bonds is 4. The molecule has 0 fully saturated rings. The molecular formula is C18H24N2O3. The van der Waals surface area contributed by atoms with Gasteiger partial charge >= 0.3 is 0 Å². The standard InChI is InChI=1S/C18H24N2O3/c1-11(2)15(21)10-20-14-9-12(23-6)7-8-13(14)19-16(17(20)22)18(3,4)5/h7-9,11H,10H2,1-6H3. The third-order valence-electron chi connectivity index (χ3n) is 3.82. The Labute approximate surface area is 136 Å². The molecule has 1 aromatic carbocycles. The topological polar surface area (TPSA) is 61.2 Å². The van der Waals surface area contributed by atoms with Crippen LogP contribution in [-0.2, 0) is 16.8 Å². The summed E-state index contributed by atoms with van der Waals surface area (Å²) in [5, 5.41) is 0. The Balaban J connectivity index is 2.79. The molecule has 1 heterocycles. The van der Waals surface area contributed by atoms with E-state index in [9.17, 15) is 9.59 Å². The van der Waals surface area contributed by atoms with Crippen LogP contribution in [0.2, 0.25) is 0 Å². The maximum atomic E-state index is 12.9. The molecule has 0 aliphatic heterocycles. The minimum Gasteiger partial charge on any atom is -0.497 e. The lowest BCUT2D eigenvalue weighted by Gasteiger charge is -2.20. The second-order valence-electron chi connectivity index (χ2n) is 7.08. The second-order valence-corrected chi connectivity index (χ2v) is 7.08. The van der Waals surface area contributed by atoms with Crippen molar-refractivity contribution in [3.63, 3.8) is 0 Å². The summed E-state index contributed by atoms with van der Waals surface area (Å²) in [4.78, 5) is 29.6. The van der Waals surface area contributed by atoms with Crippen molar-refractivity contribution in [2.45, 2.75) is 46.6 Å². The summed E-state index contributed by atoms with van der Waals surface area (Å²) < 4.78 is 6.76.